The average Bonchev–Trinajstić information content (AvgIpc) is 2.55. The third-order valence-corrected chi connectivity index (χ3v) is 2.33. The minimum Gasteiger partial charge on any atom is -0.328 e. The van der Waals surface area contributed by atoms with Gasteiger partial charge in [-0.15, -0.1) is 0 Å². The summed E-state index contributed by atoms with van der Waals surface area (Å²) in [4.78, 5) is 3.77. The molecule has 0 spiro atoms. The van der Waals surface area contributed by atoms with Crippen molar-refractivity contribution in [3.05, 3.63) is 18.7 Å². The van der Waals surface area contributed by atoms with E-state index in [2.05, 4.69) is 10.3 Å². The summed E-state index contributed by atoms with van der Waals surface area (Å²) in [6, 6.07) is -0.740. The summed E-state index contributed by atoms with van der Waals surface area (Å²) in [5.41, 5.74) is 0. The van der Waals surface area contributed by atoms with Crippen LogP contribution in [0.5, 0.6) is 0 Å². The van der Waals surface area contributed by atoms with Crippen molar-refractivity contribution in [3.63, 3.8) is 0 Å². The molecule has 2 heterocycles. The summed E-state index contributed by atoms with van der Waals surface area (Å²) in [5, 5.41) is 2.68. The Morgan fingerprint density at radius 1 is 1.54 bits per heavy atom. The third-order valence-electron chi connectivity index (χ3n) is 2.33. The van der Waals surface area contributed by atoms with E-state index in [1.165, 1.54) is 17.1 Å². The summed E-state index contributed by atoms with van der Waals surface area (Å²) in [5.74, 6) is -2.67. The van der Waals surface area contributed by atoms with Crippen LogP contribution in [0.2, 0.25) is 0 Å². The van der Waals surface area contributed by atoms with Crippen LogP contribution >= 0.6 is 0 Å². The maximum atomic E-state index is 13.3. The Labute approximate surface area is 74.8 Å². The standard InChI is InChI=1S/C8H11F2N3/c9-8(10)5-11-2-1-7(8)13-4-3-12-6-13/h3-4,6-7,11H,1-2,5H2. The summed E-state index contributed by atoms with van der Waals surface area (Å²) >= 11 is 0. The molecule has 1 atom stereocenters. The Balaban J connectivity index is 2.21. The van der Waals surface area contributed by atoms with Gasteiger partial charge in [0.05, 0.1) is 12.9 Å². The molecule has 72 valence electrons. The van der Waals surface area contributed by atoms with E-state index in [0.29, 0.717) is 13.0 Å². The lowest BCUT2D eigenvalue weighted by atomic mass is 10.0. The number of nitrogens with zero attached hydrogens (tertiary/aromatic N) is 2. The number of aromatic nitrogens is 2. The van der Waals surface area contributed by atoms with Gasteiger partial charge in [0.25, 0.3) is 5.92 Å². The molecule has 13 heavy (non-hydrogen) atoms. The smallest absolute Gasteiger partial charge is 0.280 e. The lowest BCUT2D eigenvalue weighted by Gasteiger charge is -2.32. The van der Waals surface area contributed by atoms with E-state index in [1.54, 1.807) is 6.20 Å². The highest BCUT2D eigenvalue weighted by Crippen LogP contribution is 2.33. The van der Waals surface area contributed by atoms with Gasteiger partial charge in [-0.05, 0) is 13.0 Å². The summed E-state index contributed by atoms with van der Waals surface area (Å²) in [7, 11) is 0. The number of piperidine rings is 1. The molecule has 1 aromatic heterocycles. The van der Waals surface area contributed by atoms with E-state index in [1.807, 2.05) is 0 Å². The quantitative estimate of drug-likeness (QED) is 0.712. The Kier molecular flexibility index (Phi) is 2.03. The normalized spacial score (nSPS) is 27.4. The van der Waals surface area contributed by atoms with Gasteiger partial charge in [-0.1, -0.05) is 0 Å². The molecule has 1 aliphatic heterocycles. The third kappa shape index (κ3) is 1.56. The number of hydrogen-bond acceptors (Lipinski definition) is 2. The zero-order valence-corrected chi connectivity index (χ0v) is 7.08. The van der Waals surface area contributed by atoms with Gasteiger partial charge in [0, 0.05) is 12.4 Å². The van der Waals surface area contributed by atoms with Crippen molar-refractivity contribution < 1.29 is 8.78 Å². The largest absolute Gasteiger partial charge is 0.328 e. The number of halogens is 2. The van der Waals surface area contributed by atoms with Crippen molar-refractivity contribution in [1.29, 1.82) is 0 Å². The van der Waals surface area contributed by atoms with Gasteiger partial charge in [0.1, 0.15) is 6.04 Å². The van der Waals surface area contributed by atoms with Crippen LogP contribution in [0, 0.1) is 0 Å². The number of hydrogen-bond donors (Lipinski definition) is 1. The van der Waals surface area contributed by atoms with E-state index in [0.717, 1.165) is 0 Å². The van der Waals surface area contributed by atoms with E-state index in [-0.39, 0.29) is 6.54 Å². The Hall–Kier alpha value is -0.970. The predicted octanol–water partition coefficient (Wildman–Crippen LogP) is 1.05. The van der Waals surface area contributed by atoms with Crippen LogP contribution in [0.15, 0.2) is 18.7 Å². The van der Waals surface area contributed by atoms with Crippen LogP contribution in [0.3, 0.4) is 0 Å². The zero-order valence-electron chi connectivity index (χ0n) is 7.08. The van der Waals surface area contributed by atoms with Crippen LogP contribution < -0.4 is 5.32 Å². The Bertz CT molecular complexity index is 271. The second kappa shape index (κ2) is 3.06. The van der Waals surface area contributed by atoms with Crippen LogP contribution in [0.4, 0.5) is 8.78 Å². The maximum absolute atomic E-state index is 13.3. The molecule has 3 nitrogen and oxygen atoms in total. The molecule has 0 aliphatic carbocycles. The van der Waals surface area contributed by atoms with Crippen LogP contribution in [-0.4, -0.2) is 28.6 Å². The molecule has 1 unspecified atom stereocenters. The number of alkyl halides is 2. The molecule has 5 heteroatoms. The second-order valence-electron chi connectivity index (χ2n) is 3.25. The molecule has 2 rings (SSSR count). The van der Waals surface area contributed by atoms with E-state index >= 15 is 0 Å². The molecular weight excluding hydrogens is 176 g/mol. The first kappa shape index (κ1) is 8.62. The zero-order chi connectivity index (χ0) is 9.31. The van der Waals surface area contributed by atoms with Gasteiger partial charge in [0.15, 0.2) is 0 Å². The van der Waals surface area contributed by atoms with Gasteiger partial charge >= 0.3 is 0 Å². The van der Waals surface area contributed by atoms with Crippen molar-refractivity contribution in [2.45, 2.75) is 18.4 Å². The van der Waals surface area contributed by atoms with Crippen molar-refractivity contribution in [2.75, 3.05) is 13.1 Å². The molecular formula is C8H11F2N3. The molecule has 0 amide bonds. The summed E-state index contributed by atoms with van der Waals surface area (Å²) in [6.07, 6.45) is 5.01. The monoisotopic (exact) mass is 187 g/mol. The lowest BCUT2D eigenvalue weighted by Crippen LogP contribution is -2.46. The first-order valence-corrected chi connectivity index (χ1v) is 4.26. The average molecular weight is 187 g/mol. The fourth-order valence-corrected chi connectivity index (χ4v) is 1.64. The molecule has 1 N–H and O–H groups in total. The molecule has 1 aromatic rings. The van der Waals surface area contributed by atoms with Gasteiger partial charge < -0.3 is 9.88 Å². The van der Waals surface area contributed by atoms with Crippen LogP contribution in [-0.2, 0) is 0 Å². The fraction of sp³-hybridized carbons (Fsp3) is 0.625. The molecule has 0 radical (unpaired) electrons. The van der Waals surface area contributed by atoms with Gasteiger partial charge in [-0.2, -0.15) is 0 Å². The Morgan fingerprint density at radius 2 is 2.38 bits per heavy atom. The number of rotatable bonds is 1. The first-order chi connectivity index (χ1) is 6.20. The van der Waals surface area contributed by atoms with Crippen molar-refractivity contribution in [2.24, 2.45) is 0 Å². The highest BCUT2D eigenvalue weighted by atomic mass is 19.3. The van der Waals surface area contributed by atoms with E-state index in [9.17, 15) is 8.78 Å². The summed E-state index contributed by atoms with van der Waals surface area (Å²) in [6.45, 7) is 0.397. The minimum absolute atomic E-state index is 0.240. The number of nitrogens with one attached hydrogen (secondary N) is 1. The molecule has 0 aromatic carbocycles. The fourth-order valence-electron chi connectivity index (χ4n) is 1.64. The highest BCUT2D eigenvalue weighted by molar-refractivity contribution is 4.92. The molecule has 1 aliphatic rings. The van der Waals surface area contributed by atoms with Crippen molar-refractivity contribution in [3.8, 4) is 0 Å². The molecule has 1 fully saturated rings. The SMILES string of the molecule is FC1(F)CNCCC1n1ccnc1. The van der Waals surface area contributed by atoms with Crippen molar-refractivity contribution >= 4 is 0 Å². The van der Waals surface area contributed by atoms with Crippen LogP contribution in [0.1, 0.15) is 12.5 Å². The number of imidazole rings is 1. The van der Waals surface area contributed by atoms with E-state index in [4.69, 9.17) is 0 Å². The van der Waals surface area contributed by atoms with E-state index < -0.39 is 12.0 Å². The van der Waals surface area contributed by atoms with Crippen LogP contribution in [0.25, 0.3) is 0 Å². The lowest BCUT2D eigenvalue weighted by molar-refractivity contribution is -0.0659. The highest BCUT2D eigenvalue weighted by Gasteiger charge is 2.42. The minimum atomic E-state index is -2.67. The molecule has 0 saturated carbocycles. The summed E-state index contributed by atoms with van der Waals surface area (Å²) < 4.78 is 28.1. The molecule has 1 saturated heterocycles. The predicted molar refractivity (Wildman–Crippen MR) is 43.7 cm³/mol. The van der Waals surface area contributed by atoms with Gasteiger partial charge in [-0.25, -0.2) is 13.8 Å². The van der Waals surface area contributed by atoms with Gasteiger partial charge in [0.2, 0.25) is 0 Å². The van der Waals surface area contributed by atoms with Crippen molar-refractivity contribution in [1.82, 2.24) is 14.9 Å². The van der Waals surface area contributed by atoms with Gasteiger partial charge in [-0.3, -0.25) is 0 Å². The maximum Gasteiger partial charge on any atom is 0.280 e. The molecule has 0 bridgehead atoms. The Morgan fingerprint density at radius 3 is 3.00 bits per heavy atom. The topological polar surface area (TPSA) is 29.9 Å². The first-order valence-electron chi connectivity index (χ1n) is 4.26. The second-order valence-corrected chi connectivity index (χ2v) is 3.25.